The highest BCUT2D eigenvalue weighted by Crippen LogP contribution is 2.36. The van der Waals surface area contributed by atoms with Crippen molar-refractivity contribution in [2.24, 2.45) is 0 Å². The van der Waals surface area contributed by atoms with Crippen molar-refractivity contribution < 1.29 is 12.8 Å². The number of benzene rings is 1. The molecule has 0 amide bonds. The van der Waals surface area contributed by atoms with Crippen molar-refractivity contribution in [3.63, 3.8) is 0 Å². The standard InChI is InChI=1S/C16H28O3SSi/c1-16(2,3)21(5,6)19-13-7-8-14-9-11-15(12-10-14)20(4,17)18/h9-12H,7-8,13H2,1-6H3. The van der Waals surface area contributed by atoms with Crippen LogP contribution in [0.2, 0.25) is 18.1 Å². The number of aryl methyl sites for hydroxylation is 1. The summed E-state index contributed by atoms with van der Waals surface area (Å²) in [6.07, 6.45) is 3.11. The molecule has 0 aromatic heterocycles. The molecule has 0 heterocycles. The number of hydrogen-bond donors (Lipinski definition) is 0. The SMILES string of the molecule is CC(C)(C)[Si](C)(C)OCCCc1ccc(S(C)(=O)=O)cc1. The molecular weight excluding hydrogens is 300 g/mol. The van der Waals surface area contributed by atoms with E-state index in [0.29, 0.717) is 4.90 Å². The third-order valence-corrected chi connectivity index (χ3v) is 9.90. The fraction of sp³-hybridized carbons (Fsp3) is 0.625. The van der Waals surface area contributed by atoms with E-state index in [9.17, 15) is 8.42 Å². The van der Waals surface area contributed by atoms with Crippen LogP contribution in [0, 0.1) is 0 Å². The second-order valence-electron chi connectivity index (χ2n) is 7.13. The van der Waals surface area contributed by atoms with Crippen LogP contribution < -0.4 is 0 Å². The molecule has 0 bridgehead atoms. The lowest BCUT2D eigenvalue weighted by atomic mass is 10.1. The average Bonchev–Trinajstić information content (AvgIpc) is 2.33. The quantitative estimate of drug-likeness (QED) is 0.584. The summed E-state index contributed by atoms with van der Waals surface area (Å²) >= 11 is 0. The summed E-state index contributed by atoms with van der Waals surface area (Å²) in [5, 5.41) is 0.240. The van der Waals surface area contributed by atoms with E-state index in [0.717, 1.165) is 25.0 Å². The van der Waals surface area contributed by atoms with Crippen molar-refractivity contribution in [1.29, 1.82) is 0 Å². The molecular formula is C16H28O3SSi. The number of sulfone groups is 1. The highest BCUT2D eigenvalue weighted by Gasteiger charge is 2.36. The Morgan fingerprint density at radius 2 is 1.62 bits per heavy atom. The first kappa shape index (κ1) is 18.4. The van der Waals surface area contributed by atoms with Gasteiger partial charge in [0, 0.05) is 12.9 Å². The van der Waals surface area contributed by atoms with E-state index in [1.54, 1.807) is 12.1 Å². The molecule has 120 valence electrons. The van der Waals surface area contributed by atoms with Gasteiger partial charge >= 0.3 is 0 Å². The predicted molar refractivity (Wildman–Crippen MR) is 91.0 cm³/mol. The van der Waals surface area contributed by atoms with Crippen LogP contribution >= 0.6 is 0 Å². The molecule has 0 aliphatic rings. The minimum Gasteiger partial charge on any atom is -0.417 e. The molecule has 0 N–H and O–H groups in total. The zero-order valence-electron chi connectivity index (χ0n) is 14.1. The second kappa shape index (κ2) is 6.63. The van der Waals surface area contributed by atoms with E-state index in [1.165, 1.54) is 6.26 Å². The lowest BCUT2D eigenvalue weighted by molar-refractivity contribution is 0.282. The van der Waals surface area contributed by atoms with Crippen molar-refractivity contribution in [2.75, 3.05) is 12.9 Å². The summed E-state index contributed by atoms with van der Waals surface area (Å²) < 4.78 is 28.9. The van der Waals surface area contributed by atoms with Gasteiger partial charge in [-0.2, -0.15) is 0 Å². The maximum Gasteiger partial charge on any atom is 0.191 e. The summed E-state index contributed by atoms with van der Waals surface area (Å²) in [5.74, 6) is 0. The van der Waals surface area contributed by atoms with Gasteiger partial charge in [0.2, 0.25) is 0 Å². The summed E-state index contributed by atoms with van der Waals surface area (Å²) in [7, 11) is -4.76. The minimum atomic E-state index is -3.10. The van der Waals surface area contributed by atoms with Gasteiger partial charge in [-0.1, -0.05) is 32.9 Å². The van der Waals surface area contributed by atoms with Gasteiger partial charge in [-0.3, -0.25) is 0 Å². The first-order valence-electron chi connectivity index (χ1n) is 7.36. The van der Waals surface area contributed by atoms with Gasteiger partial charge < -0.3 is 4.43 Å². The molecule has 0 unspecified atom stereocenters. The van der Waals surface area contributed by atoms with Gasteiger partial charge in [0.25, 0.3) is 0 Å². The summed E-state index contributed by atoms with van der Waals surface area (Å²) in [5.41, 5.74) is 1.15. The largest absolute Gasteiger partial charge is 0.417 e. The smallest absolute Gasteiger partial charge is 0.191 e. The molecule has 0 spiro atoms. The molecule has 0 radical (unpaired) electrons. The molecule has 5 heteroatoms. The summed E-state index contributed by atoms with van der Waals surface area (Å²) in [6, 6.07) is 7.14. The molecule has 0 aliphatic heterocycles. The van der Waals surface area contributed by atoms with Crippen LogP contribution in [-0.2, 0) is 20.7 Å². The van der Waals surface area contributed by atoms with Crippen LogP contribution in [0.4, 0.5) is 0 Å². The van der Waals surface area contributed by atoms with Crippen LogP contribution in [0.5, 0.6) is 0 Å². The first-order chi connectivity index (χ1) is 9.43. The molecule has 1 aromatic rings. The van der Waals surface area contributed by atoms with E-state index in [4.69, 9.17) is 4.43 Å². The Balaban J connectivity index is 2.47. The topological polar surface area (TPSA) is 43.4 Å². The highest BCUT2D eigenvalue weighted by molar-refractivity contribution is 7.90. The van der Waals surface area contributed by atoms with Gasteiger partial charge in [0.15, 0.2) is 18.2 Å². The van der Waals surface area contributed by atoms with Crippen LogP contribution in [0.1, 0.15) is 32.8 Å². The van der Waals surface area contributed by atoms with Gasteiger partial charge in [-0.25, -0.2) is 8.42 Å². The number of rotatable bonds is 6. The van der Waals surface area contributed by atoms with Crippen LogP contribution in [-0.4, -0.2) is 29.6 Å². The third kappa shape index (κ3) is 5.56. The van der Waals surface area contributed by atoms with E-state index in [1.807, 2.05) is 12.1 Å². The van der Waals surface area contributed by atoms with Crippen molar-refractivity contribution in [3.05, 3.63) is 29.8 Å². The Morgan fingerprint density at radius 3 is 2.05 bits per heavy atom. The first-order valence-corrected chi connectivity index (χ1v) is 12.2. The third-order valence-electron chi connectivity index (χ3n) is 4.23. The van der Waals surface area contributed by atoms with Crippen LogP contribution in [0.25, 0.3) is 0 Å². The van der Waals surface area contributed by atoms with Crippen molar-refractivity contribution in [1.82, 2.24) is 0 Å². The Morgan fingerprint density at radius 1 is 1.10 bits per heavy atom. The maximum absolute atomic E-state index is 11.4. The molecule has 0 fully saturated rings. The van der Waals surface area contributed by atoms with E-state index >= 15 is 0 Å². The van der Waals surface area contributed by atoms with Crippen LogP contribution in [0.15, 0.2) is 29.2 Å². The molecule has 0 aliphatic carbocycles. The molecule has 3 nitrogen and oxygen atoms in total. The maximum atomic E-state index is 11.4. The monoisotopic (exact) mass is 328 g/mol. The minimum absolute atomic E-state index is 0.240. The van der Waals surface area contributed by atoms with E-state index < -0.39 is 18.2 Å². The molecule has 0 atom stereocenters. The van der Waals surface area contributed by atoms with Gasteiger partial charge in [-0.15, -0.1) is 0 Å². The molecule has 1 aromatic carbocycles. The molecule has 21 heavy (non-hydrogen) atoms. The molecule has 0 saturated carbocycles. The zero-order chi connectivity index (χ0) is 16.3. The Hall–Kier alpha value is -0.653. The Labute approximate surface area is 130 Å². The number of hydrogen-bond acceptors (Lipinski definition) is 3. The molecule has 1 rings (SSSR count). The average molecular weight is 329 g/mol. The Kier molecular flexibility index (Phi) is 5.81. The Bertz CT molecular complexity index is 554. The van der Waals surface area contributed by atoms with Crippen molar-refractivity contribution >= 4 is 18.2 Å². The predicted octanol–water partition coefficient (Wildman–Crippen LogP) is 4.04. The van der Waals surface area contributed by atoms with E-state index in [-0.39, 0.29) is 5.04 Å². The lowest BCUT2D eigenvalue weighted by Gasteiger charge is -2.36. The summed E-state index contributed by atoms with van der Waals surface area (Å²) in [4.78, 5) is 0.378. The van der Waals surface area contributed by atoms with Crippen molar-refractivity contribution in [3.8, 4) is 0 Å². The second-order valence-corrected chi connectivity index (χ2v) is 14.0. The van der Waals surface area contributed by atoms with Crippen molar-refractivity contribution in [2.45, 2.75) is 56.6 Å². The van der Waals surface area contributed by atoms with Gasteiger partial charge in [0.1, 0.15) is 0 Å². The van der Waals surface area contributed by atoms with Gasteiger partial charge in [0.05, 0.1) is 4.90 Å². The zero-order valence-corrected chi connectivity index (χ0v) is 15.9. The fourth-order valence-electron chi connectivity index (χ4n) is 1.72. The summed E-state index contributed by atoms with van der Waals surface area (Å²) in [6.45, 7) is 12.0. The normalized spacial score (nSPS) is 13.4. The van der Waals surface area contributed by atoms with Gasteiger partial charge in [-0.05, 0) is 48.7 Å². The molecule has 0 saturated heterocycles. The fourth-order valence-corrected chi connectivity index (χ4v) is 3.44. The van der Waals surface area contributed by atoms with Crippen LogP contribution in [0.3, 0.4) is 0 Å². The lowest BCUT2D eigenvalue weighted by Crippen LogP contribution is -2.41. The highest BCUT2D eigenvalue weighted by atomic mass is 32.2. The van der Waals surface area contributed by atoms with E-state index in [2.05, 4.69) is 33.9 Å².